The van der Waals surface area contributed by atoms with Crippen molar-refractivity contribution in [2.75, 3.05) is 20.8 Å². The third kappa shape index (κ3) is 6.60. The van der Waals surface area contributed by atoms with Gasteiger partial charge < -0.3 is 19.3 Å². The van der Waals surface area contributed by atoms with Gasteiger partial charge in [0.1, 0.15) is 24.4 Å². The van der Waals surface area contributed by atoms with Gasteiger partial charge in [0.2, 0.25) is 0 Å². The number of allylic oxidation sites excluding steroid dienone is 3. The number of methoxy groups -OCH3 is 2. The second kappa shape index (κ2) is 11.2. The van der Waals surface area contributed by atoms with E-state index in [1.54, 1.807) is 31.6 Å². The van der Waals surface area contributed by atoms with Crippen LogP contribution in [0.1, 0.15) is 42.1 Å². The van der Waals surface area contributed by atoms with Crippen molar-refractivity contribution in [2.24, 2.45) is 5.41 Å². The number of rotatable bonds is 10. The molecule has 0 aromatic heterocycles. The van der Waals surface area contributed by atoms with E-state index < -0.39 is 5.97 Å². The fraction of sp³-hybridized carbons (Fsp3) is 0.360. The van der Waals surface area contributed by atoms with Gasteiger partial charge in [0, 0.05) is 12.0 Å². The number of ether oxygens (including phenoxy) is 3. The predicted molar refractivity (Wildman–Crippen MR) is 119 cm³/mol. The second-order valence-electron chi connectivity index (χ2n) is 7.86. The zero-order valence-electron chi connectivity index (χ0n) is 18.3. The quantitative estimate of drug-likeness (QED) is 0.249. The van der Waals surface area contributed by atoms with Crippen molar-refractivity contribution in [1.82, 2.24) is 0 Å². The molecule has 1 aliphatic carbocycles. The van der Waals surface area contributed by atoms with Crippen LogP contribution < -0.4 is 4.74 Å². The topological polar surface area (TPSA) is 82.1 Å². The van der Waals surface area contributed by atoms with Crippen LogP contribution in [0.3, 0.4) is 0 Å². The Bertz CT molecular complexity index is 909. The van der Waals surface area contributed by atoms with E-state index in [4.69, 9.17) is 14.2 Å². The average Bonchev–Trinajstić information content (AvgIpc) is 2.78. The first-order valence-electron chi connectivity index (χ1n) is 10.1. The fourth-order valence-corrected chi connectivity index (χ4v) is 3.63. The SMILES string of the molecule is C=C/C(=C\C=C\OC)COc1ccc(CC2(C)CCC(O)=C(C(=O)OC)C2)c(C=O)c1. The lowest BCUT2D eigenvalue weighted by Gasteiger charge is -2.34. The van der Waals surface area contributed by atoms with Crippen molar-refractivity contribution in [3.63, 3.8) is 0 Å². The normalized spacial score (nSPS) is 19.3. The molecule has 0 spiro atoms. The Labute approximate surface area is 183 Å². The molecule has 6 nitrogen and oxygen atoms in total. The van der Waals surface area contributed by atoms with E-state index in [2.05, 4.69) is 13.5 Å². The van der Waals surface area contributed by atoms with Gasteiger partial charge in [-0.1, -0.05) is 31.7 Å². The summed E-state index contributed by atoms with van der Waals surface area (Å²) in [5.74, 6) is 0.167. The number of carbonyl (C=O) groups is 2. The van der Waals surface area contributed by atoms with Crippen LogP contribution in [0, 0.1) is 5.41 Å². The van der Waals surface area contributed by atoms with Crippen LogP contribution in [0.15, 0.2) is 66.2 Å². The Morgan fingerprint density at radius 2 is 2.10 bits per heavy atom. The van der Waals surface area contributed by atoms with Gasteiger partial charge in [0.15, 0.2) is 0 Å². The minimum Gasteiger partial charge on any atom is -0.512 e. The van der Waals surface area contributed by atoms with Crippen molar-refractivity contribution in [3.8, 4) is 5.75 Å². The minimum atomic E-state index is -0.505. The highest BCUT2D eigenvalue weighted by Crippen LogP contribution is 2.42. The molecular formula is C25H30O6. The van der Waals surface area contributed by atoms with E-state index in [-0.39, 0.29) is 11.2 Å². The maximum atomic E-state index is 12.0. The number of esters is 1. The van der Waals surface area contributed by atoms with Crippen LogP contribution in [0.2, 0.25) is 0 Å². The van der Waals surface area contributed by atoms with Crippen LogP contribution in [0.25, 0.3) is 0 Å². The zero-order chi connectivity index (χ0) is 22.9. The molecule has 1 aromatic carbocycles. The molecule has 0 aliphatic heterocycles. The number of aliphatic hydroxyl groups is 1. The highest BCUT2D eigenvalue weighted by Gasteiger charge is 2.35. The molecule has 0 saturated heterocycles. The number of aliphatic hydroxyl groups excluding tert-OH is 1. The lowest BCUT2D eigenvalue weighted by atomic mass is 9.71. The summed E-state index contributed by atoms with van der Waals surface area (Å²) in [4.78, 5) is 23.7. The van der Waals surface area contributed by atoms with Crippen LogP contribution in [-0.2, 0) is 20.7 Å². The first-order valence-corrected chi connectivity index (χ1v) is 10.1. The standard InChI is InChI=1S/C25H30O6/c1-5-18(7-6-12-29-3)17-31-21-9-8-19(20(13-21)16-26)14-25(2)11-10-23(27)22(15-25)24(28)30-4/h5-9,12-13,16,27H,1,10-11,14-15,17H2,2-4H3/b12-6+,18-7+. The molecule has 1 aliphatic rings. The van der Waals surface area contributed by atoms with Gasteiger partial charge in [0.05, 0.1) is 26.1 Å². The van der Waals surface area contributed by atoms with E-state index in [1.165, 1.54) is 7.11 Å². The molecule has 31 heavy (non-hydrogen) atoms. The highest BCUT2D eigenvalue weighted by molar-refractivity contribution is 5.89. The molecule has 1 N–H and O–H groups in total. The van der Waals surface area contributed by atoms with Crippen LogP contribution in [0.5, 0.6) is 5.75 Å². The molecule has 0 amide bonds. The number of benzene rings is 1. The van der Waals surface area contributed by atoms with Crippen LogP contribution in [0.4, 0.5) is 0 Å². The molecule has 1 unspecified atom stereocenters. The number of hydrogen-bond acceptors (Lipinski definition) is 6. The first kappa shape index (κ1) is 24.0. The van der Waals surface area contributed by atoms with Crippen LogP contribution in [-0.4, -0.2) is 38.2 Å². The maximum Gasteiger partial charge on any atom is 0.337 e. The van der Waals surface area contributed by atoms with E-state index in [9.17, 15) is 14.7 Å². The lowest BCUT2D eigenvalue weighted by Crippen LogP contribution is -2.28. The highest BCUT2D eigenvalue weighted by atomic mass is 16.5. The van der Waals surface area contributed by atoms with Crippen molar-refractivity contribution in [1.29, 1.82) is 0 Å². The molecule has 6 heteroatoms. The first-order chi connectivity index (χ1) is 14.9. The molecule has 1 aromatic rings. The molecule has 2 rings (SSSR count). The van der Waals surface area contributed by atoms with Gasteiger partial charge in [-0.3, -0.25) is 4.79 Å². The molecule has 166 valence electrons. The summed E-state index contributed by atoms with van der Waals surface area (Å²) >= 11 is 0. The largest absolute Gasteiger partial charge is 0.512 e. The molecule has 0 fully saturated rings. The smallest absolute Gasteiger partial charge is 0.337 e. The second-order valence-corrected chi connectivity index (χ2v) is 7.86. The van der Waals surface area contributed by atoms with Crippen molar-refractivity contribution >= 4 is 12.3 Å². The lowest BCUT2D eigenvalue weighted by molar-refractivity contribution is -0.137. The summed E-state index contributed by atoms with van der Waals surface area (Å²) < 4.78 is 15.5. The van der Waals surface area contributed by atoms with E-state index in [0.29, 0.717) is 49.2 Å². The minimum absolute atomic E-state index is 0.0927. The Hall–Kier alpha value is -3.28. The Kier molecular flexibility index (Phi) is 8.67. The Morgan fingerprint density at radius 1 is 1.32 bits per heavy atom. The Morgan fingerprint density at radius 3 is 2.74 bits per heavy atom. The van der Waals surface area contributed by atoms with Gasteiger partial charge in [-0.25, -0.2) is 4.79 Å². The molecule has 0 bridgehead atoms. The summed E-state index contributed by atoms with van der Waals surface area (Å²) in [6, 6.07) is 5.42. The predicted octanol–water partition coefficient (Wildman–Crippen LogP) is 4.87. The number of hydrogen-bond donors (Lipinski definition) is 1. The molecule has 0 saturated carbocycles. The summed E-state index contributed by atoms with van der Waals surface area (Å²) in [6.45, 7) is 6.13. The van der Waals surface area contributed by atoms with Crippen LogP contribution >= 0.6 is 0 Å². The maximum absolute atomic E-state index is 12.0. The van der Waals surface area contributed by atoms with E-state index in [1.807, 2.05) is 18.2 Å². The molecular weight excluding hydrogens is 396 g/mol. The third-order valence-electron chi connectivity index (χ3n) is 5.40. The molecule has 0 heterocycles. The Balaban J connectivity index is 2.14. The van der Waals surface area contributed by atoms with Gasteiger partial charge in [-0.2, -0.15) is 0 Å². The molecule has 1 atom stereocenters. The summed E-state index contributed by atoms with van der Waals surface area (Å²) in [6.07, 6.45) is 9.74. The van der Waals surface area contributed by atoms with E-state index >= 15 is 0 Å². The fourth-order valence-electron chi connectivity index (χ4n) is 3.63. The van der Waals surface area contributed by atoms with Crippen molar-refractivity contribution in [3.05, 3.63) is 77.3 Å². The monoisotopic (exact) mass is 426 g/mol. The van der Waals surface area contributed by atoms with Crippen molar-refractivity contribution in [2.45, 2.75) is 32.6 Å². The summed E-state index contributed by atoms with van der Waals surface area (Å²) in [5.41, 5.74) is 2.32. The summed E-state index contributed by atoms with van der Waals surface area (Å²) in [5, 5.41) is 10.1. The number of carbonyl (C=O) groups excluding carboxylic acids is 2. The number of aldehydes is 1. The van der Waals surface area contributed by atoms with Gasteiger partial charge in [-0.05, 0) is 54.0 Å². The summed E-state index contributed by atoms with van der Waals surface area (Å²) in [7, 11) is 2.87. The average molecular weight is 427 g/mol. The van der Waals surface area contributed by atoms with Gasteiger partial charge in [-0.15, -0.1) is 0 Å². The van der Waals surface area contributed by atoms with E-state index in [0.717, 1.165) is 17.4 Å². The zero-order valence-corrected chi connectivity index (χ0v) is 18.3. The third-order valence-corrected chi connectivity index (χ3v) is 5.40. The van der Waals surface area contributed by atoms with Gasteiger partial charge >= 0.3 is 5.97 Å². The molecule has 0 radical (unpaired) electrons. The van der Waals surface area contributed by atoms with Gasteiger partial charge in [0.25, 0.3) is 0 Å². The van der Waals surface area contributed by atoms with Crippen molar-refractivity contribution < 1.29 is 28.9 Å².